The Morgan fingerprint density at radius 2 is 1.94 bits per heavy atom. The average Bonchev–Trinajstić information content (AvgIpc) is 2.12. The third kappa shape index (κ3) is 2.51. The van der Waals surface area contributed by atoms with Crippen LogP contribution in [-0.2, 0) is 0 Å². The van der Waals surface area contributed by atoms with Crippen LogP contribution < -0.4 is 5.73 Å². The fourth-order valence-electron chi connectivity index (χ4n) is 3.04. The van der Waals surface area contributed by atoms with Crippen molar-refractivity contribution in [2.45, 2.75) is 58.9 Å². The highest BCUT2D eigenvalue weighted by Crippen LogP contribution is 2.40. The Balaban J connectivity index is 1.70. The Labute approximate surface area is 100 Å². The minimum atomic E-state index is 0.498. The molecule has 0 aliphatic heterocycles. The van der Waals surface area contributed by atoms with Gasteiger partial charge in [-0.25, -0.2) is 0 Å². The van der Waals surface area contributed by atoms with Crippen LogP contribution in [0.4, 0.5) is 0 Å². The fourth-order valence-corrected chi connectivity index (χ4v) is 3.04. The quantitative estimate of drug-likeness (QED) is 0.719. The maximum absolute atomic E-state index is 6.02. The molecule has 1 nitrogen and oxygen atoms in total. The molecule has 0 bridgehead atoms. The molecular weight excluding hydrogens is 194 g/mol. The van der Waals surface area contributed by atoms with Gasteiger partial charge in [-0.05, 0) is 55.8 Å². The standard InChI is InChI=1S/C15H27N/c1-10(2)13-8-12(9-13)5-4-11(3)14-6-7-15(14)16/h5,10-11,13-15H,4,6-9,16H2,1-3H3. The molecular formula is C15H27N. The van der Waals surface area contributed by atoms with Crippen molar-refractivity contribution in [3.63, 3.8) is 0 Å². The van der Waals surface area contributed by atoms with Gasteiger partial charge in [-0.15, -0.1) is 0 Å². The van der Waals surface area contributed by atoms with Crippen LogP contribution in [0.2, 0.25) is 0 Å². The van der Waals surface area contributed by atoms with Gasteiger partial charge in [-0.2, -0.15) is 0 Å². The summed E-state index contributed by atoms with van der Waals surface area (Å²) >= 11 is 0. The van der Waals surface area contributed by atoms with E-state index in [1.807, 2.05) is 0 Å². The van der Waals surface area contributed by atoms with E-state index < -0.39 is 0 Å². The van der Waals surface area contributed by atoms with E-state index in [9.17, 15) is 0 Å². The molecule has 2 N–H and O–H groups in total. The number of rotatable bonds is 4. The first kappa shape index (κ1) is 12.2. The van der Waals surface area contributed by atoms with Crippen molar-refractivity contribution in [3.05, 3.63) is 11.6 Å². The molecule has 3 atom stereocenters. The van der Waals surface area contributed by atoms with Crippen LogP contribution in [-0.4, -0.2) is 6.04 Å². The number of nitrogens with two attached hydrogens (primary N) is 1. The van der Waals surface area contributed by atoms with Crippen molar-refractivity contribution in [1.29, 1.82) is 0 Å². The van der Waals surface area contributed by atoms with Gasteiger partial charge in [0.15, 0.2) is 0 Å². The van der Waals surface area contributed by atoms with Crippen LogP contribution in [0.15, 0.2) is 11.6 Å². The van der Waals surface area contributed by atoms with E-state index in [0.29, 0.717) is 6.04 Å². The highest BCUT2D eigenvalue weighted by atomic mass is 14.7. The van der Waals surface area contributed by atoms with Gasteiger partial charge in [0, 0.05) is 6.04 Å². The molecule has 0 spiro atoms. The lowest BCUT2D eigenvalue weighted by Gasteiger charge is -2.38. The summed E-state index contributed by atoms with van der Waals surface area (Å²) in [5.41, 5.74) is 7.72. The SMILES string of the molecule is CC(C)C1CC(=CCC(C)C2CCC2N)C1. The minimum absolute atomic E-state index is 0.498. The molecule has 2 fully saturated rings. The summed E-state index contributed by atoms with van der Waals surface area (Å²) in [4.78, 5) is 0. The van der Waals surface area contributed by atoms with Crippen molar-refractivity contribution >= 4 is 0 Å². The molecule has 0 radical (unpaired) electrons. The van der Waals surface area contributed by atoms with E-state index in [2.05, 4.69) is 26.8 Å². The predicted octanol–water partition coefficient (Wildman–Crippen LogP) is 3.74. The molecule has 0 heterocycles. The first-order valence-corrected chi connectivity index (χ1v) is 7.01. The molecule has 0 amide bonds. The molecule has 1 heteroatoms. The molecule has 0 aromatic rings. The van der Waals surface area contributed by atoms with Crippen molar-refractivity contribution in [1.82, 2.24) is 0 Å². The van der Waals surface area contributed by atoms with Gasteiger partial charge in [0.2, 0.25) is 0 Å². The van der Waals surface area contributed by atoms with E-state index in [1.54, 1.807) is 5.57 Å². The summed E-state index contributed by atoms with van der Waals surface area (Å²) < 4.78 is 0. The smallest absolute Gasteiger partial charge is 0.00699 e. The number of allylic oxidation sites excluding steroid dienone is 2. The third-order valence-corrected chi connectivity index (χ3v) is 4.88. The maximum atomic E-state index is 6.02. The Bertz CT molecular complexity index is 259. The van der Waals surface area contributed by atoms with Crippen LogP contribution >= 0.6 is 0 Å². The lowest BCUT2D eigenvalue weighted by Crippen LogP contribution is -2.42. The molecule has 2 aliphatic rings. The number of hydrogen-bond donors (Lipinski definition) is 1. The molecule has 16 heavy (non-hydrogen) atoms. The fraction of sp³-hybridized carbons (Fsp3) is 0.867. The van der Waals surface area contributed by atoms with Crippen molar-refractivity contribution < 1.29 is 0 Å². The molecule has 0 saturated heterocycles. The Morgan fingerprint density at radius 1 is 1.25 bits per heavy atom. The molecule has 0 aromatic heterocycles. The van der Waals surface area contributed by atoms with Crippen LogP contribution in [0.5, 0.6) is 0 Å². The van der Waals surface area contributed by atoms with Gasteiger partial charge in [0.1, 0.15) is 0 Å². The Hall–Kier alpha value is -0.300. The van der Waals surface area contributed by atoms with E-state index in [4.69, 9.17) is 5.73 Å². The van der Waals surface area contributed by atoms with E-state index in [1.165, 1.54) is 32.1 Å². The summed E-state index contributed by atoms with van der Waals surface area (Å²) in [6.07, 6.45) is 9.11. The summed E-state index contributed by atoms with van der Waals surface area (Å²) in [6.45, 7) is 7.06. The van der Waals surface area contributed by atoms with Crippen molar-refractivity contribution in [3.8, 4) is 0 Å². The van der Waals surface area contributed by atoms with Gasteiger partial charge in [0.05, 0.1) is 0 Å². The zero-order valence-electron chi connectivity index (χ0n) is 11.1. The summed E-state index contributed by atoms with van der Waals surface area (Å²) in [5.74, 6) is 3.44. The maximum Gasteiger partial charge on any atom is 0.00699 e. The zero-order chi connectivity index (χ0) is 11.7. The summed E-state index contributed by atoms with van der Waals surface area (Å²) in [7, 11) is 0. The molecule has 0 aromatic carbocycles. The third-order valence-electron chi connectivity index (χ3n) is 4.88. The van der Waals surface area contributed by atoms with Gasteiger partial charge in [-0.3, -0.25) is 0 Å². The van der Waals surface area contributed by atoms with Gasteiger partial charge in [0.25, 0.3) is 0 Å². The number of hydrogen-bond acceptors (Lipinski definition) is 1. The van der Waals surface area contributed by atoms with E-state index in [0.717, 1.165) is 23.7 Å². The second kappa shape index (κ2) is 4.91. The molecule has 3 unspecified atom stereocenters. The summed E-state index contributed by atoms with van der Waals surface area (Å²) in [5, 5.41) is 0. The highest BCUT2D eigenvalue weighted by Gasteiger charge is 2.32. The van der Waals surface area contributed by atoms with Gasteiger partial charge < -0.3 is 5.73 Å². The van der Waals surface area contributed by atoms with Crippen LogP contribution in [0, 0.1) is 23.7 Å². The van der Waals surface area contributed by atoms with Crippen LogP contribution in [0.3, 0.4) is 0 Å². The molecule has 2 rings (SSSR count). The minimum Gasteiger partial charge on any atom is -0.327 e. The normalized spacial score (nSPS) is 35.6. The monoisotopic (exact) mass is 221 g/mol. The van der Waals surface area contributed by atoms with Crippen molar-refractivity contribution in [2.75, 3.05) is 0 Å². The van der Waals surface area contributed by atoms with Crippen LogP contribution in [0.1, 0.15) is 52.9 Å². The van der Waals surface area contributed by atoms with Gasteiger partial charge in [-0.1, -0.05) is 32.4 Å². The highest BCUT2D eigenvalue weighted by molar-refractivity contribution is 5.14. The largest absolute Gasteiger partial charge is 0.327 e. The second-order valence-electron chi connectivity index (χ2n) is 6.39. The molecule has 92 valence electrons. The first-order chi connectivity index (χ1) is 7.58. The molecule has 2 aliphatic carbocycles. The van der Waals surface area contributed by atoms with E-state index >= 15 is 0 Å². The van der Waals surface area contributed by atoms with Gasteiger partial charge >= 0.3 is 0 Å². The topological polar surface area (TPSA) is 26.0 Å². The zero-order valence-corrected chi connectivity index (χ0v) is 11.1. The predicted molar refractivity (Wildman–Crippen MR) is 70.1 cm³/mol. The Kier molecular flexibility index (Phi) is 3.73. The van der Waals surface area contributed by atoms with E-state index in [-0.39, 0.29) is 0 Å². The van der Waals surface area contributed by atoms with Crippen molar-refractivity contribution in [2.24, 2.45) is 29.4 Å². The van der Waals surface area contributed by atoms with Crippen LogP contribution in [0.25, 0.3) is 0 Å². The first-order valence-electron chi connectivity index (χ1n) is 7.01. The lowest BCUT2D eigenvalue weighted by molar-refractivity contribution is 0.178. The Morgan fingerprint density at radius 3 is 2.38 bits per heavy atom. The lowest BCUT2D eigenvalue weighted by atomic mass is 9.70. The molecule has 2 saturated carbocycles. The summed E-state index contributed by atoms with van der Waals surface area (Å²) in [6, 6.07) is 0.498. The second-order valence-corrected chi connectivity index (χ2v) is 6.39. The average molecular weight is 221 g/mol.